The fourth-order valence-corrected chi connectivity index (χ4v) is 1.84. The van der Waals surface area contributed by atoms with Gasteiger partial charge in [0.05, 0.1) is 39.5 Å². The first-order valence-corrected chi connectivity index (χ1v) is 7.31. The van der Waals surface area contributed by atoms with Crippen LogP contribution < -0.4 is 94.0 Å². The van der Waals surface area contributed by atoms with Gasteiger partial charge in [-0.2, -0.15) is 0 Å². The Kier molecular flexibility index (Phi) is 28.9. The summed E-state index contributed by atoms with van der Waals surface area (Å²) in [6.07, 6.45) is 0. The molecule has 0 atom stereocenters. The zero-order chi connectivity index (χ0) is 19.2. The average Bonchev–Trinajstić information content (AvgIpc) is 3.01. The monoisotopic (exact) mass is 437 g/mol. The van der Waals surface area contributed by atoms with Crippen LogP contribution >= 0.6 is 0 Å². The predicted molar refractivity (Wildman–Crippen MR) is 85.6 cm³/mol. The fraction of sp³-hybridized carbons (Fsp3) is 0.692. The molecule has 1 heterocycles. The van der Waals surface area contributed by atoms with Gasteiger partial charge in [0.1, 0.15) is 0 Å². The van der Waals surface area contributed by atoms with E-state index in [0.29, 0.717) is 0 Å². The summed E-state index contributed by atoms with van der Waals surface area (Å²) in [5, 5.41) is 37.5. The van der Waals surface area contributed by atoms with Gasteiger partial charge >= 0.3 is 113 Å². The van der Waals surface area contributed by atoms with Gasteiger partial charge in [-0.15, -0.1) is 0 Å². The summed E-state index contributed by atoms with van der Waals surface area (Å²) >= 11 is 0. The Labute approximate surface area is 233 Å². The van der Waals surface area contributed by atoms with Crippen molar-refractivity contribution in [2.45, 2.75) is 0 Å². The van der Waals surface area contributed by atoms with Gasteiger partial charge in [-0.1, -0.05) is 0 Å². The van der Waals surface area contributed by atoms with E-state index in [4.69, 9.17) is 25.2 Å². The molecule has 0 saturated carbocycles. The molecule has 0 aromatic carbocycles. The number of carboxylic acids is 4. The molecule has 1 fully saturated rings. The number of ether oxygens (including phenoxy) is 1. The second kappa shape index (κ2) is 22.4. The van der Waals surface area contributed by atoms with Crippen molar-refractivity contribution < 1.29 is 137 Å². The molecule has 0 aromatic heterocycles. The van der Waals surface area contributed by atoms with Gasteiger partial charge in [0.15, 0.2) is 0 Å². The van der Waals surface area contributed by atoms with E-state index in [1.54, 1.807) is 0 Å². The van der Waals surface area contributed by atoms with E-state index in [9.17, 15) is 19.2 Å². The number of carboxylic acid groups (broad SMARTS) is 4. The second-order valence-electron chi connectivity index (χ2n) is 5.05. The van der Waals surface area contributed by atoms with E-state index >= 15 is 0 Å². The second-order valence-corrected chi connectivity index (χ2v) is 5.05. The maximum absolute atomic E-state index is 10.6. The summed E-state index contributed by atoms with van der Waals surface area (Å²) in [5.74, 6) is -4.91. The third-order valence-corrected chi connectivity index (χ3v) is 2.80. The molecule has 0 spiro atoms. The van der Waals surface area contributed by atoms with Crippen LogP contribution in [0.2, 0.25) is 0 Å². The molecule has 150 valence electrons. The Morgan fingerprint density at radius 1 is 0.750 bits per heavy atom. The first-order valence-electron chi connectivity index (χ1n) is 7.31. The van der Waals surface area contributed by atoms with Crippen molar-refractivity contribution in [2.24, 2.45) is 0 Å². The van der Waals surface area contributed by atoms with Gasteiger partial charge in [-0.3, -0.25) is 34.3 Å². The molecule has 0 aliphatic carbocycles. The Bertz CT molecular complexity index is 406. The fourth-order valence-electron chi connectivity index (χ4n) is 1.84. The minimum atomic E-state index is -1.23. The van der Waals surface area contributed by atoms with Crippen molar-refractivity contribution in [1.29, 1.82) is 0 Å². The van der Waals surface area contributed by atoms with E-state index in [-0.39, 0.29) is 106 Å². The van der Waals surface area contributed by atoms with Gasteiger partial charge in [0.2, 0.25) is 0 Å². The van der Waals surface area contributed by atoms with Crippen LogP contribution in [0.3, 0.4) is 0 Å². The SMILES string of the molecule is C1COCN1.O=C(O)CN(CCN(CC(=O)O)CC(=O)O)CC(=O)O.[H-].[H-].[H-].[Na+].[Na+].[Na+]. The molecule has 1 aliphatic heterocycles. The molecule has 0 amide bonds. The Hall–Kier alpha value is 0.720. The van der Waals surface area contributed by atoms with Crippen LogP contribution in [0.1, 0.15) is 4.28 Å². The van der Waals surface area contributed by atoms with Crippen LogP contribution in [-0.4, -0.2) is 113 Å². The van der Waals surface area contributed by atoms with Crippen molar-refractivity contribution >= 4 is 23.9 Å². The molecule has 1 saturated heterocycles. The summed E-state index contributed by atoms with van der Waals surface area (Å²) in [6.45, 7) is 0.416. The quantitative estimate of drug-likeness (QED) is 0.193. The van der Waals surface area contributed by atoms with Crippen LogP contribution in [0, 0.1) is 0 Å². The van der Waals surface area contributed by atoms with Crippen LogP contribution in [0.4, 0.5) is 0 Å². The molecule has 12 nitrogen and oxygen atoms in total. The van der Waals surface area contributed by atoms with Gasteiger partial charge < -0.3 is 29.4 Å². The van der Waals surface area contributed by atoms with Gasteiger partial charge in [0.25, 0.3) is 0 Å². The van der Waals surface area contributed by atoms with Gasteiger partial charge in [-0.25, -0.2) is 0 Å². The molecular formula is C13H26N3Na3O9. The number of rotatable bonds is 11. The molecule has 0 radical (unpaired) electrons. The number of nitrogens with one attached hydrogen (secondary N) is 1. The summed E-state index contributed by atoms with van der Waals surface area (Å²) in [7, 11) is 0. The Morgan fingerprint density at radius 3 is 1.21 bits per heavy atom. The normalized spacial score (nSPS) is 11.9. The predicted octanol–water partition coefficient (Wildman–Crippen LogP) is -11.2. The van der Waals surface area contributed by atoms with Crippen molar-refractivity contribution in [1.82, 2.24) is 15.1 Å². The van der Waals surface area contributed by atoms with E-state index in [1.165, 1.54) is 0 Å². The summed E-state index contributed by atoms with van der Waals surface area (Å²) in [6, 6.07) is 0. The van der Waals surface area contributed by atoms with Crippen LogP contribution in [0.25, 0.3) is 0 Å². The molecule has 28 heavy (non-hydrogen) atoms. The molecule has 0 aromatic rings. The largest absolute Gasteiger partial charge is 1.00 e. The number of carbonyl (C=O) groups is 4. The van der Waals surface area contributed by atoms with E-state index in [1.807, 2.05) is 0 Å². The topological polar surface area (TPSA) is 177 Å². The van der Waals surface area contributed by atoms with E-state index in [2.05, 4.69) is 5.32 Å². The van der Waals surface area contributed by atoms with Crippen LogP contribution in [-0.2, 0) is 23.9 Å². The van der Waals surface area contributed by atoms with Crippen molar-refractivity contribution in [3.8, 4) is 0 Å². The number of aliphatic carboxylic acids is 4. The molecule has 1 rings (SSSR count). The van der Waals surface area contributed by atoms with Crippen molar-refractivity contribution in [3.05, 3.63) is 0 Å². The smallest absolute Gasteiger partial charge is 1.00 e. The molecule has 0 unspecified atom stereocenters. The number of hydrogen-bond acceptors (Lipinski definition) is 8. The minimum Gasteiger partial charge on any atom is -1.00 e. The molecule has 1 aliphatic rings. The Balaban J connectivity index is -0.0000000921. The average molecular weight is 437 g/mol. The van der Waals surface area contributed by atoms with E-state index < -0.39 is 50.1 Å². The third kappa shape index (κ3) is 24.8. The van der Waals surface area contributed by atoms with Crippen LogP contribution in [0.15, 0.2) is 0 Å². The Morgan fingerprint density at radius 2 is 1.07 bits per heavy atom. The zero-order valence-electron chi connectivity index (χ0n) is 19.6. The van der Waals surface area contributed by atoms with Gasteiger partial charge in [0, 0.05) is 19.6 Å². The summed E-state index contributed by atoms with van der Waals surface area (Å²) in [4.78, 5) is 44.4. The number of hydrogen-bond donors (Lipinski definition) is 5. The number of nitrogens with zero attached hydrogens (tertiary/aromatic N) is 2. The molecular weight excluding hydrogens is 411 g/mol. The molecule has 0 bridgehead atoms. The standard InChI is InChI=1S/C10H16N2O8.C3H7NO.3Na.3H/c13-7(14)3-11(4-8(15)16)1-2-12(5-9(17)18)6-10(19)20;1-2-5-3-4-1;;;;;;/h1-6H2,(H,13,14)(H,15,16)(H,17,18)(H,19,20);4H,1-3H2;;;;;;/q;;3*+1;3*-1. The van der Waals surface area contributed by atoms with Gasteiger partial charge in [-0.05, 0) is 0 Å². The maximum Gasteiger partial charge on any atom is 1.00 e. The third-order valence-electron chi connectivity index (χ3n) is 2.80. The van der Waals surface area contributed by atoms with Crippen LogP contribution in [0.5, 0.6) is 0 Å². The summed E-state index contributed by atoms with van der Waals surface area (Å²) < 4.78 is 4.83. The van der Waals surface area contributed by atoms with E-state index in [0.717, 1.165) is 29.7 Å². The van der Waals surface area contributed by atoms with Crippen molar-refractivity contribution in [2.75, 3.05) is 59.2 Å². The molecule has 5 N–H and O–H groups in total. The zero-order valence-corrected chi connectivity index (χ0v) is 22.6. The molecule has 15 heteroatoms. The maximum atomic E-state index is 10.6. The van der Waals surface area contributed by atoms with Crippen molar-refractivity contribution in [3.63, 3.8) is 0 Å². The minimum absolute atomic E-state index is 0. The summed E-state index contributed by atoms with van der Waals surface area (Å²) in [5.41, 5.74) is 0. The first-order chi connectivity index (χ1) is 11.7. The first kappa shape index (κ1) is 36.1.